The van der Waals surface area contributed by atoms with Gasteiger partial charge in [0.25, 0.3) is 5.91 Å². The molecule has 2 aromatic carbocycles. The van der Waals surface area contributed by atoms with E-state index in [4.69, 9.17) is 13.9 Å². The molecule has 0 aliphatic carbocycles. The van der Waals surface area contributed by atoms with Crippen molar-refractivity contribution in [1.82, 2.24) is 10.2 Å². The van der Waals surface area contributed by atoms with E-state index in [1.54, 1.807) is 43.5 Å². The Labute approximate surface area is 199 Å². The molecule has 2 aromatic heterocycles. The van der Waals surface area contributed by atoms with Gasteiger partial charge in [0.1, 0.15) is 10.6 Å². The standard InChI is InChI=1S/C25H23N3O5S/c1-4-5-12-32-18-11-10-15(13-19(18)31-3)21-20-22(29)16-8-6-7-9-17(16)33-23(20)24(30)28(21)25-27-26-14(2)34-25/h6-11,13,21H,4-5,12H2,1-3H3. The van der Waals surface area contributed by atoms with Crippen molar-refractivity contribution in [2.45, 2.75) is 32.7 Å². The third-order valence-corrected chi connectivity index (χ3v) is 6.60. The number of fused-ring (bicyclic) bond motifs is 2. The molecule has 1 atom stereocenters. The average Bonchev–Trinajstić information content (AvgIpc) is 3.40. The van der Waals surface area contributed by atoms with Crippen LogP contribution < -0.4 is 19.8 Å². The molecule has 174 valence electrons. The summed E-state index contributed by atoms with van der Waals surface area (Å²) in [4.78, 5) is 28.6. The van der Waals surface area contributed by atoms with Crippen molar-refractivity contribution >= 4 is 33.3 Å². The molecule has 3 heterocycles. The zero-order valence-electron chi connectivity index (χ0n) is 19.0. The van der Waals surface area contributed by atoms with Gasteiger partial charge in [-0.2, -0.15) is 0 Å². The lowest BCUT2D eigenvalue weighted by Gasteiger charge is -2.23. The Morgan fingerprint density at radius 1 is 1.12 bits per heavy atom. The van der Waals surface area contributed by atoms with E-state index in [1.807, 2.05) is 13.0 Å². The molecular formula is C25H23N3O5S. The van der Waals surface area contributed by atoms with Crippen LogP contribution >= 0.6 is 11.3 Å². The van der Waals surface area contributed by atoms with Gasteiger partial charge in [-0.3, -0.25) is 14.5 Å². The van der Waals surface area contributed by atoms with Crippen LogP contribution in [0.1, 0.15) is 52.5 Å². The highest BCUT2D eigenvalue weighted by atomic mass is 32.1. The summed E-state index contributed by atoms with van der Waals surface area (Å²) in [6.45, 7) is 4.48. The van der Waals surface area contributed by atoms with Crippen molar-refractivity contribution in [3.05, 3.63) is 74.6 Å². The average molecular weight is 478 g/mol. The summed E-state index contributed by atoms with van der Waals surface area (Å²) < 4.78 is 17.4. The summed E-state index contributed by atoms with van der Waals surface area (Å²) in [5.74, 6) is 0.714. The lowest BCUT2D eigenvalue weighted by molar-refractivity contribution is 0.0970. The number of unbranched alkanes of at least 4 members (excludes halogenated alkanes) is 1. The molecule has 0 fully saturated rings. The minimum absolute atomic E-state index is 0.0174. The number of hydrogen-bond acceptors (Lipinski definition) is 8. The highest BCUT2D eigenvalue weighted by Crippen LogP contribution is 2.43. The van der Waals surface area contributed by atoms with Gasteiger partial charge in [0.15, 0.2) is 16.9 Å². The van der Waals surface area contributed by atoms with E-state index in [9.17, 15) is 9.59 Å². The van der Waals surface area contributed by atoms with Crippen molar-refractivity contribution in [3.8, 4) is 11.5 Å². The lowest BCUT2D eigenvalue weighted by atomic mass is 9.98. The highest BCUT2D eigenvalue weighted by molar-refractivity contribution is 7.15. The van der Waals surface area contributed by atoms with Crippen LogP contribution in [0.25, 0.3) is 11.0 Å². The molecule has 0 N–H and O–H groups in total. The number of nitrogens with zero attached hydrogens (tertiary/aromatic N) is 3. The monoisotopic (exact) mass is 477 g/mol. The molecule has 1 aliphatic heterocycles. The van der Waals surface area contributed by atoms with Crippen molar-refractivity contribution in [3.63, 3.8) is 0 Å². The number of benzene rings is 2. The molecule has 0 radical (unpaired) electrons. The van der Waals surface area contributed by atoms with Crippen molar-refractivity contribution in [2.24, 2.45) is 0 Å². The van der Waals surface area contributed by atoms with Gasteiger partial charge < -0.3 is 13.9 Å². The smallest absolute Gasteiger partial charge is 0.297 e. The normalized spacial score (nSPS) is 15.1. The second-order valence-corrected chi connectivity index (χ2v) is 9.12. The summed E-state index contributed by atoms with van der Waals surface area (Å²) in [6.07, 6.45) is 1.94. The first kappa shape index (κ1) is 22.1. The number of hydrogen-bond donors (Lipinski definition) is 0. The van der Waals surface area contributed by atoms with Crippen LogP contribution in [0, 0.1) is 6.92 Å². The summed E-state index contributed by atoms with van der Waals surface area (Å²) in [5, 5.41) is 9.78. The minimum Gasteiger partial charge on any atom is -0.493 e. The SMILES string of the molecule is CCCCOc1ccc(C2c3c(oc4ccccc4c3=O)C(=O)N2c2nnc(C)s2)cc1OC. The van der Waals surface area contributed by atoms with Gasteiger partial charge in [0.05, 0.1) is 30.7 Å². The van der Waals surface area contributed by atoms with Crippen LogP contribution in [0.15, 0.2) is 51.7 Å². The van der Waals surface area contributed by atoms with Gasteiger partial charge in [0.2, 0.25) is 10.9 Å². The lowest BCUT2D eigenvalue weighted by Crippen LogP contribution is -2.29. The van der Waals surface area contributed by atoms with E-state index in [1.165, 1.54) is 16.2 Å². The first-order chi connectivity index (χ1) is 16.5. The van der Waals surface area contributed by atoms with Gasteiger partial charge in [0, 0.05) is 0 Å². The summed E-state index contributed by atoms with van der Waals surface area (Å²) >= 11 is 1.28. The Kier molecular flexibility index (Phi) is 5.79. The summed E-state index contributed by atoms with van der Waals surface area (Å²) in [7, 11) is 1.56. The number of aryl methyl sites for hydroxylation is 1. The maximum atomic E-state index is 13.6. The fourth-order valence-corrected chi connectivity index (χ4v) is 4.83. The molecule has 5 rings (SSSR count). The molecular weight excluding hydrogens is 454 g/mol. The number of para-hydroxylation sites is 1. The van der Waals surface area contributed by atoms with Crippen LogP contribution in [0.2, 0.25) is 0 Å². The van der Waals surface area contributed by atoms with Crippen molar-refractivity contribution in [2.75, 3.05) is 18.6 Å². The predicted octanol–water partition coefficient (Wildman–Crippen LogP) is 4.89. The number of aromatic nitrogens is 2. The van der Waals surface area contributed by atoms with Crippen LogP contribution in [-0.2, 0) is 0 Å². The van der Waals surface area contributed by atoms with Crippen LogP contribution in [0.4, 0.5) is 5.13 Å². The van der Waals surface area contributed by atoms with Crippen LogP contribution in [0.3, 0.4) is 0 Å². The maximum Gasteiger partial charge on any atom is 0.297 e. The first-order valence-corrected chi connectivity index (χ1v) is 11.8. The third kappa shape index (κ3) is 3.62. The van der Waals surface area contributed by atoms with Gasteiger partial charge in [-0.05, 0) is 43.2 Å². The van der Waals surface area contributed by atoms with Gasteiger partial charge in [-0.15, -0.1) is 10.2 Å². The van der Waals surface area contributed by atoms with Crippen LogP contribution in [0.5, 0.6) is 11.5 Å². The van der Waals surface area contributed by atoms with E-state index in [2.05, 4.69) is 17.1 Å². The Morgan fingerprint density at radius 3 is 2.68 bits per heavy atom. The van der Waals surface area contributed by atoms with E-state index in [0.29, 0.717) is 44.8 Å². The molecule has 0 bridgehead atoms. The molecule has 0 spiro atoms. The second-order valence-electron chi connectivity index (χ2n) is 7.96. The van der Waals surface area contributed by atoms with Gasteiger partial charge in [-0.1, -0.05) is 42.9 Å². The summed E-state index contributed by atoms with van der Waals surface area (Å²) in [6, 6.07) is 11.6. The fraction of sp³-hybridized carbons (Fsp3) is 0.280. The fourth-order valence-electron chi connectivity index (χ4n) is 4.12. The van der Waals surface area contributed by atoms with E-state index >= 15 is 0 Å². The van der Waals surface area contributed by atoms with Gasteiger partial charge >= 0.3 is 0 Å². The number of ether oxygens (including phenoxy) is 2. The van der Waals surface area contributed by atoms with Gasteiger partial charge in [-0.25, -0.2) is 0 Å². The van der Waals surface area contributed by atoms with E-state index < -0.39 is 11.9 Å². The zero-order chi connectivity index (χ0) is 23.8. The van der Waals surface area contributed by atoms with E-state index in [0.717, 1.165) is 12.8 Å². The molecule has 34 heavy (non-hydrogen) atoms. The molecule has 1 amide bonds. The molecule has 1 aliphatic rings. The number of methoxy groups -OCH3 is 1. The predicted molar refractivity (Wildman–Crippen MR) is 129 cm³/mol. The highest BCUT2D eigenvalue weighted by Gasteiger charge is 2.45. The number of anilines is 1. The van der Waals surface area contributed by atoms with Crippen LogP contribution in [-0.4, -0.2) is 29.8 Å². The largest absolute Gasteiger partial charge is 0.493 e. The van der Waals surface area contributed by atoms with E-state index in [-0.39, 0.29) is 16.8 Å². The first-order valence-electron chi connectivity index (χ1n) is 11.0. The number of carbonyl (C=O) groups is 1. The topological polar surface area (TPSA) is 94.8 Å². The molecule has 0 saturated carbocycles. The Hall–Kier alpha value is -3.72. The maximum absolute atomic E-state index is 13.6. The molecule has 0 saturated heterocycles. The Balaban J connectivity index is 1.70. The minimum atomic E-state index is -0.741. The van der Waals surface area contributed by atoms with Crippen molar-refractivity contribution < 1.29 is 18.7 Å². The second kappa shape index (κ2) is 8.90. The van der Waals surface area contributed by atoms with Crippen molar-refractivity contribution in [1.29, 1.82) is 0 Å². The Morgan fingerprint density at radius 2 is 1.94 bits per heavy atom. The third-order valence-electron chi connectivity index (χ3n) is 5.76. The molecule has 1 unspecified atom stereocenters. The molecule has 8 nitrogen and oxygen atoms in total. The molecule has 4 aromatic rings. The molecule has 9 heteroatoms. The number of rotatable bonds is 7. The quantitative estimate of drug-likeness (QED) is 0.350. The summed E-state index contributed by atoms with van der Waals surface area (Å²) in [5.41, 5.74) is 1.08. The number of carbonyl (C=O) groups excluding carboxylic acids is 1. The zero-order valence-corrected chi connectivity index (χ0v) is 19.8. The number of amides is 1. The Bertz CT molecular complexity index is 1440.